The third kappa shape index (κ3) is 2.81. The zero-order chi connectivity index (χ0) is 17.3. The summed E-state index contributed by atoms with van der Waals surface area (Å²) in [6, 6.07) is 15.2. The first-order valence-electron chi connectivity index (χ1n) is 7.87. The summed E-state index contributed by atoms with van der Waals surface area (Å²) < 4.78 is 34.1. The highest BCUT2D eigenvalue weighted by Crippen LogP contribution is 2.40. The molecule has 0 spiro atoms. The number of rotatable bonds is 4. The topological polar surface area (TPSA) is 49.9 Å². The number of hydrogen-bond acceptors (Lipinski definition) is 3. The maximum absolute atomic E-state index is 12.9. The molecule has 0 bridgehead atoms. The zero-order valence-corrected chi connectivity index (χ0v) is 15.0. The predicted molar refractivity (Wildman–Crippen MR) is 94.3 cm³/mol. The second-order valence-corrected chi connectivity index (χ2v) is 8.09. The summed E-state index contributed by atoms with van der Waals surface area (Å²) in [4.78, 5) is 0. The van der Waals surface area contributed by atoms with Gasteiger partial charge in [-0.3, -0.25) is 0 Å². The number of hydrogen-bond donors (Lipinski definition) is 0. The summed E-state index contributed by atoms with van der Waals surface area (Å²) in [5.41, 5.74) is 3.05. The average molecular weight is 346 g/mol. The van der Waals surface area contributed by atoms with Crippen molar-refractivity contribution in [2.75, 3.05) is 27.7 Å². The van der Waals surface area contributed by atoms with Crippen molar-refractivity contribution in [2.45, 2.75) is 12.5 Å². The molecule has 0 saturated heterocycles. The highest BCUT2D eigenvalue weighted by atomic mass is 32.2. The third-order valence-corrected chi connectivity index (χ3v) is 6.34. The van der Waals surface area contributed by atoms with Gasteiger partial charge in [0.05, 0.1) is 13.2 Å². The van der Waals surface area contributed by atoms with E-state index in [1.54, 1.807) is 25.5 Å². The van der Waals surface area contributed by atoms with Crippen LogP contribution in [0.15, 0.2) is 48.5 Å². The van der Waals surface area contributed by atoms with Gasteiger partial charge in [0.25, 0.3) is 10.2 Å². The molecule has 2 aromatic carbocycles. The Kier molecular flexibility index (Phi) is 4.62. The molecular weight excluding hydrogens is 324 g/mol. The Bertz CT molecular complexity index is 834. The van der Waals surface area contributed by atoms with Crippen molar-refractivity contribution in [3.05, 3.63) is 65.2 Å². The van der Waals surface area contributed by atoms with Gasteiger partial charge < -0.3 is 4.74 Å². The summed E-state index contributed by atoms with van der Waals surface area (Å²) in [6.07, 6.45) is 0.703. The van der Waals surface area contributed by atoms with E-state index in [9.17, 15) is 8.42 Å². The number of ether oxygens (including phenoxy) is 1. The molecule has 24 heavy (non-hydrogen) atoms. The Morgan fingerprint density at radius 2 is 1.67 bits per heavy atom. The fraction of sp³-hybridized carbons (Fsp3) is 0.333. The van der Waals surface area contributed by atoms with E-state index in [-0.39, 0.29) is 0 Å². The van der Waals surface area contributed by atoms with Crippen LogP contribution in [0.4, 0.5) is 0 Å². The van der Waals surface area contributed by atoms with Crippen LogP contribution >= 0.6 is 0 Å². The first kappa shape index (κ1) is 17.0. The van der Waals surface area contributed by atoms with Crippen LogP contribution in [0.5, 0.6) is 5.75 Å². The molecule has 0 amide bonds. The van der Waals surface area contributed by atoms with Gasteiger partial charge in [0.15, 0.2) is 0 Å². The fourth-order valence-corrected chi connectivity index (χ4v) is 4.45. The summed E-state index contributed by atoms with van der Waals surface area (Å²) in [5, 5.41) is 0. The van der Waals surface area contributed by atoms with E-state index >= 15 is 0 Å². The van der Waals surface area contributed by atoms with Gasteiger partial charge in [-0.05, 0) is 23.6 Å². The molecular formula is C18H22N2O3S. The number of benzene rings is 2. The molecule has 1 atom stereocenters. The molecule has 2 aromatic rings. The van der Waals surface area contributed by atoms with Gasteiger partial charge in [0.2, 0.25) is 0 Å². The van der Waals surface area contributed by atoms with Crippen molar-refractivity contribution in [1.82, 2.24) is 8.61 Å². The third-order valence-electron chi connectivity index (χ3n) is 4.43. The standard InChI is InChI=1S/C18H22N2O3S/c1-19(2)24(21,22)20-13-12-14-8-4-5-9-15(14)18(20)16-10-6-7-11-17(16)23-3/h4-11,18H,12-13H2,1-3H3. The second-order valence-electron chi connectivity index (χ2n) is 5.99. The lowest BCUT2D eigenvalue weighted by atomic mass is 9.89. The zero-order valence-electron chi connectivity index (χ0n) is 14.1. The SMILES string of the molecule is COc1ccccc1C1c2ccccc2CCN1S(=O)(=O)N(C)C. The van der Waals surface area contributed by atoms with Crippen LogP contribution in [0.2, 0.25) is 0 Å². The predicted octanol–water partition coefficient (Wildman–Crippen LogP) is 2.45. The van der Waals surface area contributed by atoms with Gasteiger partial charge in [-0.25, -0.2) is 0 Å². The van der Waals surface area contributed by atoms with Gasteiger partial charge in [0, 0.05) is 26.2 Å². The molecule has 3 rings (SSSR count). The van der Waals surface area contributed by atoms with Crippen LogP contribution in [-0.4, -0.2) is 44.8 Å². The van der Waals surface area contributed by atoms with E-state index in [4.69, 9.17) is 4.74 Å². The van der Waals surface area contributed by atoms with Crippen molar-refractivity contribution in [3.63, 3.8) is 0 Å². The molecule has 128 valence electrons. The molecule has 0 aromatic heterocycles. The van der Waals surface area contributed by atoms with Crippen molar-refractivity contribution < 1.29 is 13.2 Å². The minimum atomic E-state index is -3.55. The summed E-state index contributed by atoms with van der Waals surface area (Å²) in [7, 11) is 1.18. The number of nitrogens with zero attached hydrogens (tertiary/aromatic N) is 2. The number of para-hydroxylation sites is 1. The summed E-state index contributed by atoms with van der Waals surface area (Å²) in [6.45, 7) is 0.445. The normalized spacial score (nSPS) is 18.4. The van der Waals surface area contributed by atoms with Crippen LogP contribution in [-0.2, 0) is 16.6 Å². The molecule has 0 fully saturated rings. The lowest BCUT2D eigenvalue weighted by Gasteiger charge is -2.38. The smallest absolute Gasteiger partial charge is 0.282 e. The van der Waals surface area contributed by atoms with E-state index in [2.05, 4.69) is 6.07 Å². The molecule has 1 heterocycles. The number of fused-ring (bicyclic) bond motifs is 1. The van der Waals surface area contributed by atoms with Gasteiger partial charge in [-0.1, -0.05) is 42.5 Å². The van der Waals surface area contributed by atoms with Crippen LogP contribution in [0.25, 0.3) is 0 Å². The van der Waals surface area contributed by atoms with E-state index in [0.717, 1.165) is 11.1 Å². The van der Waals surface area contributed by atoms with Crippen molar-refractivity contribution in [1.29, 1.82) is 0 Å². The maximum Gasteiger partial charge on any atom is 0.282 e. The van der Waals surface area contributed by atoms with Gasteiger partial charge in [-0.2, -0.15) is 17.0 Å². The molecule has 1 aliphatic heterocycles. The quantitative estimate of drug-likeness (QED) is 0.854. The van der Waals surface area contributed by atoms with E-state index in [1.807, 2.05) is 42.5 Å². The summed E-state index contributed by atoms with van der Waals surface area (Å²) in [5.74, 6) is 0.693. The van der Waals surface area contributed by atoms with Gasteiger partial charge in [0.1, 0.15) is 5.75 Å². The number of methoxy groups -OCH3 is 1. The van der Waals surface area contributed by atoms with Gasteiger partial charge in [-0.15, -0.1) is 0 Å². The van der Waals surface area contributed by atoms with Crippen LogP contribution in [0.3, 0.4) is 0 Å². The molecule has 0 aliphatic carbocycles. The molecule has 1 aliphatic rings. The Morgan fingerprint density at radius 3 is 2.33 bits per heavy atom. The first-order valence-corrected chi connectivity index (χ1v) is 9.26. The molecule has 0 saturated carbocycles. The Hall–Kier alpha value is -1.89. The Labute approximate surface area is 143 Å². The Balaban J connectivity index is 2.22. The first-order chi connectivity index (χ1) is 11.5. The highest BCUT2D eigenvalue weighted by molar-refractivity contribution is 7.86. The van der Waals surface area contributed by atoms with E-state index in [1.165, 1.54) is 9.87 Å². The monoisotopic (exact) mass is 346 g/mol. The van der Waals surface area contributed by atoms with Crippen molar-refractivity contribution >= 4 is 10.2 Å². The van der Waals surface area contributed by atoms with E-state index < -0.39 is 16.3 Å². The van der Waals surface area contributed by atoms with Crippen LogP contribution in [0, 0.1) is 0 Å². The maximum atomic E-state index is 12.9. The Morgan fingerprint density at radius 1 is 1.04 bits per heavy atom. The van der Waals surface area contributed by atoms with Crippen molar-refractivity contribution in [2.24, 2.45) is 0 Å². The highest BCUT2D eigenvalue weighted by Gasteiger charge is 2.38. The summed E-state index contributed by atoms with van der Waals surface area (Å²) >= 11 is 0. The van der Waals surface area contributed by atoms with Crippen LogP contribution in [0.1, 0.15) is 22.7 Å². The lowest BCUT2D eigenvalue weighted by Crippen LogP contribution is -2.46. The minimum absolute atomic E-state index is 0.390. The molecule has 5 nitrogen and oxygen atoms in total. The van der Waals surface area contributed by atoms with Gasteiger partial charge >= 0.3 is 0 Å². The second kappa shape index (κ2) is 6.55. The minimum Gasteiger partial charge on any atom is -0.496 e. The fourth-order valence-electron chi connectivity index (χ4n) is 3.22. The largest absolute Gasteiger partial charge is 0.496 e. The lowest BCUT2D eigenvalue weighted by molar-refractivity contribution is 0.311. The van der Waals surface area contributed by atoms with Crippen LogP contribution < -0.4 is 4.74 Å². The van der Waals surface area contributed by atoms with E-state index in [0.29, 0.717) is 18.7 Å². The van der Waals surface area contributed by atoms with Crippen molar-refractivity contribution in [3.8, 4) is 5.75 Å². The average Bonchev–Trinajstić information content (AvgIpc) is 2.60. The molecule has 1 unspecified atom stereocenters. The molecule has 0 N–H and O–H groups in total. The molecule has 0 radical (unpaired) electrons. The molecule has 6 heteroatoms.